The van der Waals surface area contributed by atoms with E-state index in [0.29, 0.717) is 12.3 Å². The van der Waals surface area contributed by atoms with Gasteiger partial charge in [-0.05, 0) is 56.9 Å². The number of rotatable bonds is 7. The fraction of sp³-hybridized carbons (Fsp3) is 0.600. The molecular weight excluding hydrogens is 290 g/mol. The van der Waals surface area contributed by atoms with E-state index in [0.717, 1.165) is 30.6 Å². The molecule has 0 bridgehead atoms. The van der Waals surface area contributed by atoms with Crippen molar-refractivity contribution in [1.82, 2.24) is 0 Å². The van der Waals surface area contributed by atoms with Gasteiger partial charge in [-0.3, -0.25) is 4.72 Å². The highest BCUT2D eigenvalue weighted by Crippen LogP contribution is 2.36. The Labute approximate surface area is 126 Å². The Morgan fingerprint density at radius 2 is 2.05 bits per heavy atom. The third kappa shape index (κ3) is 3.89. The Bertz CT molecular complexity index is 588. The van der Waals surface area contributed by atoms with Gasteiger partial charge in [0.2, 0.25) is 10.0 Å². The maximum absolute atomic E-state index is 12.3. The summed E-state index contributed by atoms with van der Waals surface area (Å²) >= 11 is 0. The van der Waals surface area contributed by atoms with Gasteiger partial charge >= 0.3 is 0 Å². The Morgan fingerprint density at radius 1 is 1.33 bits per heavy atom. The lowest BCUT2D eigenvalue weighted by Gasteiger charge is -2.40. The summed E-state index contributed by atoms with van der Waals surface area (Å²) in [5.41, 5.74) is 0.916. The molecule has 1 aromatic rings. The second-order valence-electron chi connectivity index (χ2n) is 5.51. The second-order valence-corrected chi connectivity index (χ2v) is 7.23. The van der Waals surface area contributed by atoms with E-state index in [1.165, 1.54) is 0 Å². The molecular formula is C15H23NO4S. The van der Waals surface area contributed by atoms with Gasteiger partial charge in [0.1, 0.15) is 5.75 Å². The number of methoxy groups -OCH3 is 1. The fourth-order valence-corrected chi connectivity index (χ4v) is 4.27. The van der Waals surface area contributed by atoms with Crippen LogP contribution in [0.2, 0.25) is 0 Å². The average Bonchev–Trinajstić information content (AvgIpc) is 2.37. The van der Waals surface area contributed by atoms with E-state index in [2.05, 4.69) is 4.72 Å². The number of ether oxygens (including phenoxy) is 2. The standard InChI is InChI=1S/C15H23NO4S/c1-4-20-13-6-7-14(12(2)10-13)16-21(17,18)11-15(19-3)8-5-9-15/h6-7,10,16H,4-5,8-9,11H2,1-3H3. The molecule has 2 rings (SSSR count). The van der Waals surface area contributed by atoms with Crippen molar-refractivity contribution in [3.05, 3.63) is 23.8 Å². The van der Waals surface area contributed by atoms with Crippen molar-refractivity contribution in [2.24, 2.45) is 0 Å². The van der Waals surface area contributed by atoms with Crippen LogP contribution >= 0.6 is 0 Å². The molecule has 6 heteroatoms. The van der Waals surface area contributed by atoms with Gasteiger partial charge in [0.25, 0.3) is 0 Å². The van der Waals surface area contributed by atoms with Crippen LogP contribution in [0.5, 0.6) is 5.75 Å². The first kappa shape index (κ1) is 16.1. The first-order valence-electron chi connectivity index (χ1n) is 7.19. The number of anilines is 1. The molecule has 1 saturated carbocycles. The third-order valence-electron chi connectivity index (χ3n) is 3.93. The number of sulfonamides is 1. The highest BCUT2D eigenvalue weighted by Gasteiger charge is 2.41. The van der Waals surface area contributed by atoms with Crippen molar-refractivity contribution < 1.29 is 17.9 Å². The van der Waals surface area contributed by atoms with Gasteiger partial charge in [0.15, 0.2) is 0 Å². The van der Waals surface area contributed by atoms with Crippen LogP contribution in [0.4, 0.5) is 5.69 Å². The summed E-state index contributed by atoms with van der Waals surface area (Å²) in [6, 6.07) is 5.33. The van der Waals surface area contributed by atoms with Crippen LogP contribution < -0.4 is 9.46 Å². The predicted molar refractivity (Wildman–Crippen MR) is 83.3 cm³/mol. The molecule has 1 aliphatic carbocycles. The molecule has 0 aliphatic heterocycles. The molecule has 0 amide bonds. The summed E-state index contributed by atoms with van der Waals surface area (Å²) in [6.07, 6.45) is 2.62. The Kier molecular flexibility index (Phi) is 4.78. The lowest BCUT2D eigenvalue weighted by Crippen LogP contribution is -2.46. The molecule has 0 aromatic heterocycles. The van der Waals surface area contributed by atoms with Gasteiger partial charge in [-0.15, -0.1) is 0 Å². The minimum Gasteiger partial charge on any atom is -0.494 e. The van der Waals surface area contributed by atoms with Crippen molar-refractivity contribution in [1.29, 1.82) is 0 Å². The van der Waals surface area contributed by atoms with Gasteiger partial charge in [0.05, 0.1) is 23.6 Å². The monoisotopic (exact) mass is 313 g/mol. The van der Waals surface area contributed by atoms with Gasteiger partial charge in [-0.1, -0.05) is 0 Å². The molecule has 1 aromatic carbocycles. The lowest BCUT2D eigenvalue weighted by molar-refractivity contribution is -0.0524. The average molecular weight is 313 g/mol. The summed E-state index contributed by atoms with van der Waals surface area (Å²) in [5.74, 6) is 0.744. The normalized spacial score (nSPS) is 17.1. The second kappa shape index (κ2) is 6.23. The van der Waals surface area contributed by atoms with Crippen molar-refractivity contribution >= 4 is 15.7 Å². The SMILES string of the molecule is CCOc1ccc(NS(=O)(=O)CC2(OC)CCC2)c(C)c1. The van der Waals surface area contributed by atoms with Crippen molar-refractivity contribution in [3.8, 4) is 5.75 Å². The largest absolute Gasteiger partial charge is 0.494 e. The van der Waals surface area contributed by atoms with E-state index in [1.807, 2.05) is 19.9 Å². The van der Waals surface area contributed by atoms with Crippen LogP contribution in [0.3, 0.4) is 0 Å². The van der Waals surface area contributed by atoms with E-state index in [4.69, 9.17) is 9.47 Å². The predicted octanol–water partition coefficient (Wildman–Crippen LogP) is 2.70. The van der Waals surface area contributed by atoms with Crippen molar-refractivity contribution in [2.75, 3.05) is 24.2 Å². The summed E-state index contributed by atoms with van der Waals surface area (Å²) < 4.78 is 38.1. The highest BCUT2D eigenvalue weighted by atomic mass is 32.2. The Balaban J connectivity index is 2.09. The first-order valence-corrected chi connectivity index (χ1v) is 8.84. The summed E-state index contributed by atoms with van der Waals surface area (Å²) in [7, 11) is -1.85. The van der Waals surface area contributed by atoms with E-state index in [-0.39, 0.29) is 5.75 Å². The molecule has 0 atom stereocenters. The van der Waals surface area contributed by atoms with Gasteiger partial charge < -0.3 is 9.47 Å². The molecule has 118 valence electrons. The van der Waals surface area contributed by atoms with Crippen LogP contribution in [-0.4, -0.2) is 33.5 Å². The van der Waals surface area contributed by atoms with E-state index in [1.54, 1.807) is 19.2 Å². The maximum Gasteiger partial charge on any atom is 0.235 e. The summed E-state index contributed by atoms with van der Waals surface area (Å²) in [6.45, 7) is 4.35. The molecule has 0 saturated heterocycles. The third-order valence-corrected chi connectivity index (χ3v) is 5.36. The highest BCUT2D eigenvalue weighted by molar-refractivity contribution is 7.92. The van der Waals surface area contributed by atoms with Crippen LogP contribution in [0.1, 0.15) is 31.7 Å². The van der Waals surface area contributed by atoms with Crippen LogP contribution in [-0.2, 0) is 14.8 Å². The zero-order valence-electron chi connectivity index (χ0n) is 12.8. The smallest absolute Gasteiger partial charge is 0.235 e. The number of aryl methyl sites for hydroxylation is 1. The molecule has 0 spiro atoms. The Hall–Kier alpha value is -1.27. The first-order chi connectivity index (χ1) is 9.90. The van der Waals surface area contributed by atoms with Crippen LogP contribution in [0.15, 0.2) is 18.2 Å². The lowest BCUT2D eigenvalue weighted by atomic mass is 9.82. The van der Waals surface area contributed by atoms with Gasteiger partial charge in [-0.25, -0.2) is 8.42 Å². The van der Waals surface area contributed by atoms with E-state index in [9.17, 15) is 8.42 Å². The van der Waals surface area contributed by atoms with Crippen LogP contribution in [0, 0.1) is 6.92 Å². The molecule has 5 nitrogen and oxygen atoms in total. The summed E-state index contributed by atoms with van der Waals surface area (Å²) in [5, 5.41) is 0. The topological polar surface area (TPSA) is 64.6 Å². The number of hydrogen-bond donors (Lipinski definition) is 1. The quantitative estimate of drug-likeness (QED) is 0.840. The van der Waals surface area contributed by atoms with Gasteiger partial charge in [0, 0.05) is 7.11 Å². The number of benzene rings is 1. The van der Waals surface area contributed by atoms with Gasteiger partial charge in [-0.2, -0.15) is 0 Å². The molecule has 1 aliphatic rings. The fourth-order valence-electron chi connectivity index (χ4n) is 2.54. The number of nitrogens with one attached hydrogen (secondary N) is 1. The Morgan fingerprint density at radius 3 is 2.52 bits per heavy atom. The molecule has 21 heavy (non-hydrogen) atoms. The van der Waals surface area contributed by atoms with Crippen molar-refractivity contribution in [2.45, 2.75) is 38.7 Å². The molecule has 0 radical (unpaired) electrons. The summed E-state index contributed by atoms with van der Waals surface area (Å²) in [4.78, 5) is 0. The molecule has 0 unspecified atom stereocenters. The van der Waals surface area contributed by atoms with E-state index >= 15 is 0 Å². The molecule has 1 fully saturated rings. The molecule has 1 N–H and O–H groups in total. The minimum atomic E-state index is -3.43. The zero-order valence-corrected chi connectivity index (χ0v) is 13.6. The van der Waals surface area contributed by atoms with E-state index < -0.39 is 15.6 Å². The number of hydrogen-bond acceptors (Lipinski definition) is 4. The molecule has 0 heterocycles. The van der Waals surface area contributed by atoms with Crippen LogP contribution in [0.25, 0.3) is 0 Å². The zero-order chi connectivity index (χ0) is 15.5. The maximum atomic E-state index is 12.3. The van der Waals surface area contributed by atoms with Crippen molar-refractivity contribution in [3.63, 3.8) is 0 Å². The minimum absolute atomic E-state index is 0.00313.